The number of hydrogen-bond donors (Lipinski definition) is 2. The summed E-state index contributed by atoms with van der Waals surface area (Å²) in [4.78, 5) is 23.0. The highest BCUT2D eigenvalue weighted by atomic mass is 16.6. The molecule has 2 fully saturated rings. The number of carboxylic acid groups (broad SMARTS) is 1. The molecule has 18 heavy (non-hydrogen) atoms. The number of carboxylic acids is 1. The van der Waals surface area contributed by atoms with Gasteiger partial charge in [0, 0.05) is 5.41 Å². The second kappa shape index (κ2) is 3.85. The predicted octanol–water partition coefficient (Wildman–Crippen LogP) is 1.14. The van der Waals surface area contributed by atoms with Gasteiger partial charge in [0.25, 0.3) is 0 Å². The van der Waals surface area contributed by atoms with Gasteiger partial charge in [0.2, 0.25) is 0 Å². The van der Waals surface area contributed by atoms with Crippen LogP contribution in [0.1, 0.15) is 33.6 Å². The van der Waals surface area contributed by atoms with Gasteiger partial charge in [0.15, 0.2) is 0 Å². The van der Waals surface area contributed by atoms with Gasteiger partial charge >= 0.3 is 12.1 Å². The zero-order valence-corrected chi connectivity index (χ0v) is 10.9. The van der Waals surface area contributed by atoms with E-state index in [1.165, 1.54) is 0 Å². The van der Waals surface area contributed by atoms with E-state index in [1.54, 1.807) is 20.8 Å². The Morgan fingerprint density at radius 2 is 1.83 bits per heavy atom. The lowest BCUT2D eigenvalue weighted by molar-refractivity contribution is -0.203. The maximum Gasteiger partial charge on any atom is 0.408 e. The molecule has 6 nitrogen and oxygen atoms in total. The van der Waals surface area contributed by atoms with Crippen LogP contribution in [-0.4, -0.2) is 41.5 Å². The van der Waals surface area contributed by atoms with Crippen LogP contribution in [0.15, 0.2) is 0 Å². The van der Waals surface area contributed by atoms with Gasteiger partial charge in [-0.25, -0.2) is 9.59 Å². The molecule has 1 amide bonds. The molecule has 0 atom stereocenters. The van der Waals surface area contributed by atoms with Crippen molar-refractivity contribution < 1.29 is 24.2 Å². The Morgan fingerprint density at radius 1 is 1.28 bits per heavy atom. The summed E-state index contributed by atoms with van der Waals surface area (Å²) in [7, 11) is 0. The van der Waals surface area contributed by atoms with Crippen molar-refractivity contribution in [3.8, 4) is 0 Å². The number of amides is 1. The SMILES string of the molecule is CC(C)(C)OC(=O)NC1(C(=O)O)CC2(COC2)C1. The van der Waals surface area contributed by atoms with Crippen LogP contribution in [0, 0.1) is 5.41 Å². The van der Waals surface area contributed by atoms with Gasteiger partial charge in [0.1, 0.15) is 11.1 Å². The topological polar surface area (TPSA) is 84.9 Å². The zero-order chi connectivity index (χ0) is 13.6. The Bertz CT molecular complexity index is 372. The lowest BCUT2D eigenvalue weighted by atomic mass is 9.56. The minimum absolute atomic E-state index is 0.0482. The molecular weight excluding hydrogens is 238 g/mol. The molecule has 6 heteroatoms. The number of carbonyl (C=O) groups is 2. The van der Waals surface area contributed by atoms with E-state index in [2.05, 4.69) is 5.32 Å². The summed E-state index contributed by atoms with van der Waals surface area (Å²) in [5.41, 5.74) is -1.87. The number of rotatable bonds is 2. The number of alkyl carbamates (subject to hydrolysis) is 1. The fourth-order valence-electron chi connectivity index (χ4n) is 2.62. The zero-order valence-electron chi connectivity index (χ0n) is 10.9. The molecule has 0 aromatic carbocycles. The summed E-state index contributed by atoms with van der Waals surface area (Å²) in [5.74, 6) is -1.01. The lowest BCUT2D eigenvalue weighted by Crippen LogP contribution is -2.71. The molecule has 1 aliphatic heterocycles. The Morgan fingerprint density at radius 3 is 2.17 bits per heavy atom. The quantitative estimate of drug-likeness (QED) is 0.775. The Labute approximate surface area is 106 Å². The molecule has 0 radical (unpaired) electrons. The summed E-state index contributed by atoms with van der Waals surface area (Å²) >= 11 is 0. The second-order valence-corrected chi connectivity index (χ2v) is 6.36. The lowest BCUT2D eigenvalue weighted by Gasteiger charge is -2.57. The van der Waals surface area contributed by atoms with Crippen molar-refractivity contribution in [2.24, 2.45) is 5.41 Å². The number of aliphatic carboxylic acids is 1. The molecule has 2 N–H and O–H groups in total. The van der Waals surface area contributed by atoms with Crippen LogP contribution in [-0.2, 0) is 14.3 Å². The second-order valence-electron chi connectivity index (χ2n) is 6.36. The van der Waals surface area contributed by atoms with E-state index in [9.17, 15) is 14.7 Å². The van der Waals surface area contributed by atoms with Crippen LogP contribution in [0.3, 0.4) is 0 Å². The Balaban J connectivity index is 1.96. The first-order valence-corrected chi connectivity index (χ1v) is 5.99. The predicted molar refractivity (Wildman–Crippen MR) is 62.2 cm³/mol. The molecule has 0 unspecified atom stereocenters. The maximum atomic E-state index is 11.7. The molecule has 2 rings (SSSR count). The standard InChI is InChI=1S/C12H19NO5/c1-10(2,3)18-9(16)13-12(8(14)15)4-11(5-12)6-17-7-11/h4-7H2,1-3H3,(H,13,16)(H,14,15). The van der Waals surface area contributed by atoms with E-state index >= 15 is 0 Å². The molecule has 1 heterocycles. The first-order valence-electron chi connectivity index (χ1n) is 5.99. The molecule has 0 aromatic heterocycles. The van der Waals surface area contributed by atoms with E-state index in [1.807, 2.05) is 0 Å². The van der Waals surface area contributed by atoms with E-state index in [4.69, 9.17) is 9.47 Å². The van der Waals surface area contributed by atoms with Crippen LogP contribution in [0.5, 0.6) is 0 Å². The van der Waals surface area contributed by atoms with Crippen molar-refractivity contribution in [1.29, 1.82) is 0 Å². The minimum Gasteiger partial charge on any atom is -0.480 e. The van der Waals surface area contributed by atoms with Crippen LogP contribution in [0.4, 0.5) is 4.79 Å². The first kappa shape index (κ1) is 13.1. The normalized spacial score (nSPS) is 23.7. The number of nitrogens with one attached hydrogen (secondary N) is 1. The largest absolute Gasteiger partial charge is 0.480 e. The monoisotopic (exact) mass is 257 g/mol. The van der Waals surface area contributed by atoms with Gasteiger partial charge in [-0.05, 0) is 33.6 Å². The van der Waals surface area contributed by atoms with E-state index in [0.29, 0.717) is 26.1 Å². The minimum atomic E-state index is -1.19. The molecule has 1 saturated heterocycles. The average molecular weight is 257 g/mol. The Kier molecular flexibility index (Phi) is 2.81. The summed E-state index contributed by atoms with van der Waals surface area (Å²) in [6, 6.07) is 0. The highest BCUT2D eigenvalue weighted by Gasteiger charge is 2.63. The number of carbonyl (C=O) groups excluding carboxylic acids is 1. The van der Waals surface area contributed by atoms with Crippen molar-refractivity contribution in [2.75, 3.05) is 13.2 Å². The van der Waals surface area contributed by atoms with E-state index < -0.39 is 23.2 Å². The summed E-state index contributed by atoms with van der Waals surface area (Å²) < 4.78 is 10.2. The van der Waals surface area contributed by atoms with Crippen molar-refractivity contribution in [3.63, 3.8) is 0 Å². The van der Waals surface area contributed by atoms with Crippen molar-refractivity contribution in [2.45, 2.75) is 44.8 Å². The highest BCUT2D eigenvalue weighted by Crippen LogP contribution is 2.53. The molecule has 102 valence electrons. The third-order valence-corrected chi connectivity index (χ3v) is 3.32. The van der Waals surface area contributed by atoms with E-state index in [-0.39, 0.29) is 5.41 Å². The summed E-state index contributed by atoms with van der Waals surface area (Å²) in [6.07, 6.45) is 0.142. The molecule has 0 bridgehead atoms. The maximum absolute atomic E-state index is 11.7. The molecule has 1 spiro atoms. The van der Waals surface area contributed by atoms with Gasteiger partial charge in [0.05, 0.1) is 13.2 Å². The fraction of sp³-hybridized carbons (Fsp3) is 0.833. The van der Waals surface area contributed by atoms with Crippen LogP contribution >= 0.6 is 0 Å². The van der Waals surface area contributed by atoms with Crippen LogP contribution < -0.4 is 5.32 Å². The van der Waals surface area contributed by atoms with Crippen molar-refractivity contribution in [1.82, 2.24) is 5.32 Å². The van der Waals surface area contributed by atoms with Gasteiger partial charge in [-0.3, -0.25) is 0 Å². The third kappa shape index (κ3) is 2.29. The third-order valence-electron chi connectivity index (χ3n) is 3.32. The average Bonchev–Trinajstić information content (AvgIpc) is 2.03. The molecule has 0 aromatic rings. The first-order chi connectivity index (χ1) is 8.17. The molecule has 1 aliphatic carbocycles. The van der Waals surface area contributed by atoms with Crippen LogP contribution in [0.2, 0.25) is 0 Å². The molecular formula is C12H19NO5. The smallest absolute Gasteiger partial charge is 0.408 e. The van der Waals surface area contributed by atoms with Crippen molar-refractivity contribution in [3.05, 3.63) is 0 Å². The van der Waals surface area contributed by atoms with Crippen molar-refractivity contribution >= 4 is 12.1 Å². The van der Waals surface area contributed by atoms with Gasteiger partial charge in [-0.15, -0.1) is 0 Å². The Hall–Kier alpha value is -1.30. The van der Waals surface area contributed by atoms with Gasteiger partial charge in [-0.2, -0.15) is 0 Å². The summed E-state index contributed by atoms with van der Waals surface area (Å²) in [5, 5.41) is 11.8. The van der Waals surface area contributed by atoms with E-state index in [0.717, 1.165) is 0 Å². The van der Waals surface area contributed by atoms with Gasteiger partial charge < -0.3 is 19.9 Å². The van der Waals surface area contributed by atoms with Gasteiger partial charge in [-0.1, -0.05) is 0 Å². The molecule has 1 saturated carbocycles. The molecule has 2 aliphatic rings. The summed E-state index contributed by atoms with van der Waals surface area (Å²) in [6.45, 7) is 6.38. The van der Waals surface area contributed by atoms with Crippen LogP contribution in [0.25, 0.3) is 0 Å². The number of ether oxygens (including phenoxy) is 2. The highest BCUT2D eigenvalue weighted by molar-refractivity contribution is 5.86. The number of hydrogen-bond acceptors (Lipinski definition) is 4. The fourth-order valence-corrected chi connectivity index (χ4v) is 2.62.